The Hall–Kier alpha value is -2.33. The van der Waals surface area contributed by atoms with Crippen LogP contribution in [0.15, 0.2) is 53.5 Å². The number of hydrogen-bond donors (Lipinski definition) is 2. The third kappa shape index (κ3) is 3.30. The zero-order valence-corrected chi connectivity index (χ0v) is 16.6. The number of para-hydroxylation sites is 2. The van der Waals surface area contributed by atoms with Gasteiger partial charge in [-0.3, -0.25) is 4.99 Å². The van der Waals surface area contributed by atoms with Crippen molar-refractivity contribution in [1.82, 2.24) is 5.32 Å². The standard InChI is InChI=1S/C24H30N4/c1-3-9-21-19(7-1)17-24(11-13-25-14-12-24)23(27-21)26-18-20-8-2-4-10-22(20)28-15-5-6-16-28/h1-4,7-10,25H,5-6,11-18H2,(H,26,27). The van der Waals surface area contributed by atoms with Gasteiger partial charge in [0.05, 0.1) is 6.54 Å². The van der Waals surface area contributed by atoms with Crippen molar-refractivity contribution in [2.24, 2.45) is 10.4 Å². The first kappa shape index (κ1) is 17.7. The third-order valence-electron chi connectivity index (χ3n) is 6.71. The second kappa shape index (κ2) is 7.59. The van der Waals surface area contributed by atoms with Gasteiger partial charge < -0.3 is 15.5 Å². The van der Waals surface area contributed by atoms with Crippen molar-refractivity contribution in [2.45, 2.75) is 38.6 Å². The lowest BCUT2D eigenvalue weighted by molar-refractivity contribution is 0.293. The Morgan fingerprint density at radius 2 is 1.68 bits per heavy atom. The number of nitrogens with one attached hydrogen (secondary N) is 2. The maximum absolute atomic E-state index is 5.21. The second-order valence-electron chi connectivity index (χ2n) is 8.48. The molecule has 2 aromatic rings. The molecule has 0 unspecified atom stereocenters. The van der Waals surface area contributed by atoms with Crippen molar-refractivity contribution in [3.63, 3.8) is 0 Å². The Labute approximate surface area is 168 Å². The second-order valence-corrected chi connectivity index (χ2v) is 8.48. The Morgan fingerprint density at radius 1 is 0.929 bits per heavy atom. The number of piperidine rings is 1. The molecule has 0 aliphatic carbocycles. The SMILES string of the molecule is c1ccc2c(c1)CC1(CCNCC1)C(=NCc1ccccc1N1CCCC1)N2. The number of hydrogen-bond acceptors (Lipinski definition) is 3. The monoisotopic (exact) mass is 374 g/mol. The van der Waals surface area contributed by atoms with Gasteiger partial charge in [-0.15, -0.1) is 0 Å². The van der Waals surface area contributed by atoms with Crippen LogP contribution in [0.25, 0.3) is 0 Å². The molecule has 3 aliphatic heterocycles. The van der Waals surface area contributed by atoms with Gasteiger partial charge in [0.1, 0.15) is 5.84 Å². The molecule has 0 amide bonds. The van der Waals surface area contributed by atoms with Crippen LogP contribution >= 0.6 is 0 Å². The zero-order valence-electron chi connectivity index (χ0n) is 16.6. The maximum Gasteiger partial charge on any atom is 0.108 e. The number of rotatable bonds is 3. The molecule has 4 nitrogen and oxygen atoms in total. The fourth-order valence-electron chi connectivity index (χ4n) is 5.11. The molecule has 2 aromatic carbocycles. The molecule has 0 aromatic heterocycles. The lowest BCUT2D eigenvalue weighted by atomic mass is 9.71. The van der Waals surface area contributed by atoms with E-state index < -0.39 is 0 Å². The molecule has 3 aliphatic rings. The van der Waals surface area contributed by atoms with Crippen LogP contribution in [0.3, 0.4) is 0 Å². The highest BCUT2D eigenvalue weighted by Gasteiger charge is 2.41. The van der Waals surface area contributed by atoms with Gasteiger partial charge in [-0.1, -0.05) is 36.4 Å². The number of nitrogens with zero attached hydrogens (tertiary/aromatic N) is 2. The lowest BCUT2D eigenvalue weighted by Gasteiger charge is -2.43. The Morgan fingerprint density at radius 3 is 2.54 bits per heavy atom. The van der Waals surface area contributed by atoms with Crippen molar-refractivity contribution in [2.75, 3.05) is 36.4 Å². The van der Waals surface area contributed by atoms with Crippen molar-refractivity contribution in [3.8, 4) is 0 Å². The van der Waals surface area contributed by atoms with Crippen molar-refractivity contribution in [3.05, 3.63) is 59.7 Å². The van der Waals surface area contributed by atoms with E-state index in [1.54, 1.807) is 0 Å². The van der Waals surface area contributed by atoms with Crippen molar-refractivity contribution >= 4 is 17.2 Å². The predicted molar refractivity (Wildman–Crippen MR) is 117 cm³/mol. The predicted octanol–water partition coefficient (Wildman–Crippen LogP) is 4.22. The minimum atomic E-state index is 0.155. The molecule has 0 bridgehead atoms. The summed E-state index contributed by atoms with van der Waals surface area (Å²) in [6, 6.07) is 17.6. The molecule has 2 saturated heterocycles. The fourth-order valence-corrected chi connectivity index (χ4v) is 5.11. The van der Waals surface area contributed by atoms with E-state index in [1.165, 1.54) is 54.3 Å². The van der Waals surface area contributed by atoms with E-state index in [-0.39, 0.29) is 5.41 Å². The molecule has 28 heavy (non-hydrogen) atoms. The molecular formula is C24H30N4. The summed E-state index contributed by atoms with van der Waals surface area (Å²) in [6.45, 7) is 5.26. The van der Waals surface area contributed by atoms with Gasteiger partial charge in [-0.05, 0) is 68.5 Å². The molecule has 5 rings (SSSR count). The summed E-state index contributed by atoms with van der Waals surface area (Å²) in [5.74, 6) is 1.20. The molecule has 2 N–H and O–H groups in total. The van der Waals surface area contributed by atoms with Gasteiger partial charge in [-0.25, -0.2) is 0 Å². The van der Waals surface area contributed by atoms with E-state index in [1.807, 2.05) is 0 Å². The molecule has 2 fully saturated rings. The molecule has 4 heteroatoms. The van der Waals surface area contributed by atoms with Crippen LogP contribution in [-0.2, 0) is 13.0 Å². The first-order valence-electron chi connectivity index (χ1n) is 10.8. The molecule has 0 atom stereocenters. The summed E-state index contributed by atoms with van der Waals surface area (Å²) in [7, 11) is 0. The average Bonchev–Trinajstić information content (AvgIpc) is 3.28. The number of amidine groups is 1. The van der Waals surface area contributed by atoms with E-state index in [2.05, 4.69) is 64.1 Å². The minimum Gasteiger partial charge on any atom is -0.371 e. The van der Waals surface area contributed by atoms with Gasteiger partial charge in [0.15, 0.2) is 0 Å². The number of aliphatic imine (C=N–C) groups is 1. The quantitative estimate of drug-likeness (QED) is 0.845. The largest absolute Gasteiger partial charge is 0.371 e. The smallest absolute Gasteiger partial charge is 0.108 e. The topological polar surface area (TPSA) is 39.7 Å². The van der Waals surface area contributed by atoms with E-state index in [9.17, 15) is 0 Å². The first-order valence-corrected chi connectivity index (χ1v) is 10.8. The maximum atomic E-state index is 5.21. The molecule has 0 saturated carbocycles. The summed E-state index contributed by atoms with van der Waals surface area (Å²) in [4.78, 5) is 7.74. The van der Waals surface area contributed by atoms with Crippen LogP contribution < -0.4 is 15.5 Å². The van der Waals surface area contributed by atoms with Gasteiger partial charge >= 0.3 is 0 Å². The molecule has 3 heterocycles. The molecule has 0 radical (unpaired) electrons. The summed E-state index contributed by atoms with van der Waals surface area (Å²) in [5.41, 5.74) is 5.54. The lowest BCUT2D eigenvalue weighted by Crippen LogP contribution is -2.48. The van der Waals surface area contributed by atoms with E-state index in [0.29, 0.717) is 0 Å². The highest BCUT2D eigenvalue weighted by molar-refractivity contribution is 6.02. The summed E-state index contributed by atoms with van der Waals surface area (Å²) in [5, 5.41) is 7.26. The van der Waals surface area contributed by atoms with Crippen LogP contribution in [0.5, 0.6) is 0 Å². The molecular weight excluding hydrogens is 344 g/mol. The van der Waals surface area contributed by atoms with Crippen LogP contribution in [-0.4, -0.2) is 32.0 Å². The van der Waals surface area contributed by atoms with Crippen LogP contribution in [0, 0.1) is 5.41 Å². The zero-order chi connectivity index (χ0) is 18.8. The van der Waals surface area contributed by atoms with Gasteiger partial charge in [0.2, 0.25) is 0 Å². The third-order valence-corrected chi connectivity index (χ3v) is 6.71. The highest BCUT2D eigenvalue weighted by Crippen LogP contribution is 2.41. The Bertz CT molecular complexity index is 860. The average molecular weight is 375 g/mol. The normalized spacial score (nSPS) is 22.3. The Balaban J connectivity index is 1.46. The number of anilines is 2. The Kier molecular flexibility index (Phi) is 4.81. The van der Waals surface area contributed by atoms with E-state index in [0.717, 1.165) is 38.9 Å². The van der Waals surface area contributed by atoms with E-state index in [4.69, 9.17) is 4.99 Å². The number of fused-ring (bicyclic) bond motifs is 1. The highest BCUT2D eigenvalue weighted by atomic mass is 15.1. The van der Waals surface area contributed by atoms with Gasteiger partial charge in [0.25, 0.3) is 0 Å². The van der Waals surface area contributed by atoms with E-state index >= 15 is 0 Å². The van der Waals surface area contributed by atoms with Crippen molar-refractivity contribution < 1.29 is 0 Å². The summed E-state index contributed by atoms with van der Waals surface area (Å²) >= 11 is 0. The first-order chi connectivity index (χ1) is 13.8. The minimum absolute atomic E-state index is 0.155. The molecule has 1 spiro atoms. The van der Waals surface area contributed by atoms with Crippen LogP contribution in [0.1, 0.15) is 36.8 Å². The fraction of sp³-hybridized carbons (Fsp3) is 0.458. The van der Waals surface area contributed by atoms with Crippen LogP contribution in [0.2, 0.25) is 0 Å². The summed E-state index contributed by atoms with van der Waals surface area (Å²) < 4.78 is 0. The van der Waals surface area contributed by atoms with Gasteiger partial charge in [0, 0.05) is 29.9 Å². The van der Waals surface area contributed by atoms with Crippen LogP contribution in [0.4, 0.5) is 11.4 Å². The van der Waals surface area contributed by atoms with Crippen molar-refractivity contribution in [1.29, 1.82) is 0 Å². The van der Waals surface area contributed by atoms with Gasteiger partial charge in [-0.2, -0.15) is 0 Å². The summed E-state index contributed by atoms with van der Waals surface area (Å²) in [6.07, 6.45) is 6.01. The molecule has 146 valence electrons. The number of benzene rings is 2.